The summed E-state index contributed by atoms with van der Waals surface area (Å²) in [6, 6.07) is 4.87. The Bertz CT molecular complexity index is 411. The summed E-state index contributed by atoms with van der Waals surface area (Å²) in [7, 11) is 0. The number of halogens is 1. The van der Waals surface area contributed by atoms with Crippen LogP contribution in [0.3, 0.4) is 0 Å². The first kappa shape index (κ1) is 16.9. The van der Waals surface area contributed by atoms with Crippen molar-refractivity contribution in [3.63, 3.8) is 0 Å². The highest BCUT2D eigenvalue weighted by Crippen LogP contribution is 2.19. The molecule has 114 valence electrons. The number of aryl methyl sites for hydroxylation is 1. The van der Waals surface area contributed by atoms with E-state index in [-0.39, 0.29) is 18.0 Å². The summed E-state index contributed by atoms with van der Waals surface area (Å²) in [5, 5.41) is 12.7. The summed E-state index contributed by atoms with van der Waals surface area (Å²) in [5.41, 5.74) is 0.755. The van der Waals surface area contributed by atoms with Crippen molar-refractivity contribution in [3.05, 3.63) is 29.6 Å². The van der Waals surface area contributed by atoms with Crippen LogP contribution in [0.4, 0.5) is 4.39 Å². The molecule has 0 radical (unpaired) electrons. The zero-order valence-electron chi connectivity index (χ0n) is 12.7. The molecule has 1 aromatic rings. The first-order chi connectivity index (χ1) is 9.50. The molecular formula is C16H26FNO2. The molecule has 0 saturated carbocycles. The summed E-state index contributed by atoms with van der Waals surface area (Å²) in [5.74, 6) is 0.00468. The molecule has 1 unspecified atom stereocenters. The predicted octanol–water partition coefficient (Wildman–Crippen LogP) is 3.04. The highest BCUT2D eigenvalue weighted by atomic mass is 19.1. The molecule has 0 aliphatic heterocycles. The molecule has 0 aliphatic rings. The average Bonchev–Trinajstić information content (AvgIpc) is 2.42. The molecule has 1 aromatic carbocycles. The van der Waals surface area contributed by atoms with Gasteiger partial charge in [-0.15, -0.1) is 0 Å². The summed E-state index contributed by atoms with van der Waals surface area (Å²) in [6.07, 6.45) is 2.64. The van der Waals surface area contributed by atoms with Gasteiger partial charge in [0.15, 0.2) is 11.6 Å². The molecule has 20 heavy (non-hydrogen) atoms. The van der Waals surface area contributed by atoms with E-state index in [1.54, 1.807) is 12.1 Å². The van der Waals surface area contributed by atoms with Crippen molar-refractivity contribution in [2.45, 2.75) is 45.6 Å². The Morgan fingerprint density at radius 1 is 1.35 bits per heavy atom. The van der Waals surface area contributed by atoms with Crippen LogP contribution in [0, 0.1) is 12.7 Å². The number of aliphatic hydroxyl groups is 1. The van der Waals surface area contributed by atoms with Crippen LogP contribution in [0.15, 0.2) is 18.2 Å². The van der Waals surface area contributed by atoms with Crippen molar-refractivity contribution in [2.24, 2.45) is 0 Å². The van der Waals surface area contributed by atoms with Gasteiger partial charge in [-0.05, 0) is 57.4 Å². The van der Waals surface area contributed by atoms with Crippen molar-refractivity contribution in [1.29, 1.82) is 0 Å². The lowest BCUT2D eigenvalue weighted by atomic mass is 9.96. The minimum absolute atomic E-state index is 0.119. The zero-order chi connectivity index (χ0) is 15.0. The normalized spacial score (nSPS) is 14.1. The molecule has 3 nitrogen and oxygen atoms in total. The van der Waals surface area contributed by atoms with Gasteiger partial charge in [-0.1, -0.05) is 13.0 Å². The number of nitrogens with one attached hydrogen (secondary N) is 1. The van der Waals surface area contributed by atoms with Crippen LogP contribution in [-0.2, 0) is 0 Å². The standard InChI is InChI=1S/C16H26FNO2/c1-4-18-16(3,12-19)9-5-6-10-20-15-11-13(2)7-8-14(15)17/h7-8,11,18-19H,4-6,9-10,12H2,1-3H3. The van der Waals surface area contributed by atoms with E-state index in [4.69, 9.17) is 4.74 Å². The number of likely N-dealkylation sites (N-methyl/N-ethyl adjacent to an activating group) is 1. The largest absolute Gasteiger partial charge is 0.491 e. The maximum Gasteiger partial charge on any atom is 0.165 e. The van der Waals surface area contributed by atoms with Crippen molar-refractivity contribution < 1.29 is 14.2 Å². The maximum absolute atomic E-state index is 13.5. The van der Waals surface area contributed by atoms with Crippen LogP contribution in [0.5, 0.6) is 5.75 Å². The van der Waals surface area contributed by atoms with E-state index < -0.39 is 0 Å². The lowest BCUT2D eigenvalue weighted by Gasteiger charge is -2.28. The zero-order valence-corrected chi connectivity index (χ0v) is 12.7. The molecule has 1 rings (SSSR count). The highest BCUT2D eigenvalue weighted by molar-refractivity contribution is 5.29. The summed E-state index contributed by atoms with van der Waals surface area (Å²) >= 11 is 0. The first-order valence-corrected chi connectivity index (χ1v) is 7.25. The van der Waals surface area contributed by atoms with E-state index in [1.807, 2.05) is 20.8 Å². The van der Waals surface area contributed by atoms with E-state index in [9.17, 15) is 9.50 Å². The Morgan fingerprint density at radius 2 is 2.10 bits per heavy atom. The molecule has 0 spiro atoms. The van der Waals surface area contributed by atoms with Crippen LogP contribution >= 0.6 is 0 Å². The molecule has 0 saturated heterocycles. The third kappa shape index (κ3) is 5.47. The quantitative estimate of drug-likeness (QED) is 0.684. The predicted molar refractivity (Wildman–Crippen MR) is 79.7 cm³/mol. The Balaban J connectivity index is 2.30. The van der Waals surface area contributed by atoms with Crippen LogP contribution in [0.2, 0.25) is 0 Å². The SMILES string of the molecule is CCNC(C)(CO)CCCCOc1cc(C)ccc1F. The van der Waals surface area contributed by atoms with Gasteiger partial charge >= 0.3 is 0 Å². The molecule has 1 atom stereocenters. The van der Waals surface area contributed by atoms with Gasteiger partial charge in [-0.25, -0.2) is 4.39 Å². The fourth-order valence-corrected chi connectivity index (χ4v) is 2.17. The number of hydrogen-bond acceptors (Lipinski definition) is 3. The Labute approximate surface area is 121 Å². The highest BCUT2D eigenvalue weighted by Gasteiger charge is 2.20. The lowest BCUT2D eigenvalue weighted by molar-refractivity contribution is 0.162. The van der Waals surface area contributed by atoms with E-state index in [0.29, 0.717) is 12.4 Å². The van der Waals surface area contributed by atoms with Gasteiger partial charge in [-0.2, -0.15) is 0 Å². The van der Waals surface area contributed by atoms with Crippen molar-refractivity contribution >= 4 is 0 Å². The second-order valence-corrected chi connectivity index (χ2v) is 5.49. The van der Waals surface area contributed by atoms with E-state index >= 15 is 0 Å². The monoisotopic (exact) mass is 283 g/mol. The fourth-order valence-electron chi connectivity index (χ4n) is 2.17. The molecule has 0 bridgehead atoms. The summed E-state index contributed by atoms with van der Waals surface area (Å²) < 4.78 is 18.9. The molecule has 2 N–H and O–H groups in total. The summed E-state index contributed by atoms with van der Waals surface area (Å²) in [4.78, 5) is 0. The van der Waals surface area contributed by atoms with Crippen molar-refractivity contribution in [2.75, 3.05) is 19.8 Å². The van der Waals surface area contributed by atoms with Crippen LogP contribution in [0.1, 0.15) is 38.7 Å². The Kier molecular flexibility index (Phi) is 6.96. The fraction of sp³-hybridized carbons (Fsp3) is 0.625. The molecule has 0 aromatic heterocycles. The third-order valence-electron chi connectivity index (χ3n) is 3.42. The van der Waals surface area contributed by atoms with Crippen molar-refractivity contribution in [3.8, 4) is 5.75 Å². The van der Waals surface area contributed by atoms with Gasteiger partial charge < -0.3 is 15.2 Å². The lowest BCUT2D eigenvalue weighted by Crippen LogP contribution is -2.45. The minimum Gasteiger partial charge on any atom is -0.491 e. The molecule has 0 aliphatic carbocycles. The first-order valence-electron chi connectivity index (χ1n) is 7.25. The molecule has 0 heterocycles. The molecular weight excluding hydrogens is 257 g/mol. The number of ether oxygens (including phenoxy) is 1. The molecule has 4 heteroatoms. The van der Waals surface area contributed by atoms with Gasteiger partial charge in [0, 0.05) is 5.54 Å². The number of benzene rings is 1. The third-order valence-corrected chi connectivity index (χ3v) is 3.42. The van der Waals surface area contributed by atoms with Crippen molar-refractivity contribution in [1.82, 2.24) is 5.32 Å². The van der Waals surface area contributed by atoms with Gasteiger partial charge in [0.25, 0.3) is 0 Å². The molecule has 0 fully saturated rings. The smallest absolute Gasteiger partial charge is 0.165 e. The maximum atomic E-state index is 13.5. The minimum atomic E-state index is -0.316. The van der Waals surface area contributed by atoms with E-state index in [1.165, 1.54) is 6.07 Å². The van der Waals surface area contributed by atoms with Crippen LogP contribution in [0.25, 0.3) is 0 Å². The topological polar surface area (TPSA) is 41.5 Å². The number of unbranched alkanes of at least 4 members (excludes halogenated alkanes) is 1. The number of rotatable bonds is 9. The second kappa shape index (κ2) is 8.22. The second-order valence-electron chi connectivity index (χ2n) is 5.49. The van der Waals surface area contributed by atoms with Gasteiger partial charge in [0.05, 0.1) is 13.2 Å². The average molecular weight is 283 g/mol. The van der Waals surface area contributed by atoms with Gasteiger partial charge in [0.2, 0.25) is 0 Å². The Hall–Kier alpha value is -1.13. The van der Waals surface area contributed by atoms with Gasteiger partial charge in [-0.3, -0.25) is 0 Å². The van der Waals surface area contributed by atoms with E-state index in [2.05, 4.69) is 5.32 Å². The van der Waals surface area contributed by atoms with E-state index in [0.717, 1.165) is 31.4 Å². The number of hydrogen-bond donors (Lipinski definition) is 2. The van der Waals surface area contributed by atoms with Gasteiger partial charge in [0.1, 0.15) is 0 Å². The van der Waals surface area contributed by atoms with Crippen LogP contribution < -0.4 is 10.1 Å². The summed E-state index contributed by atoms with van der Waals surface area (Å²) in [6.45, 7) is 7.40. The molecule has 0 amide bonds. The Morgan fingerprint density at radius 3 is 2.75 bits per heavy atom. The van der Waals surface area contributed by atoms with Crippen LogP contribution in [-0.4, -0.2) is 30.4 Å². The number of aliphatic hydroxyl groups excluding tert-OH is 1.